The van der Waals surface area contributed by atoms with E-state index in [0.717, 1.165) is 0 Å². The number of nitrogens with one attached hydrogen (secondary N) is 1. The first-order valence-corrected chi connectivity index (χ1v) is 6.07. The van der Waals surface area contributed by atoms with Crippen LogP contribution >= 0.6 is 0 Å². The van der Waals surface area contributed by atoms with Crippen molar-refractivity contribution < 1.29 is 4.74 Å². The molecule has 3 aromatic rings. The molecular formula is C13H13N5O2. The molecule has 0 bridgehead atoms. The molecule has 7 nitrogen and oxygen atoms in total. The van der Waals surface area contributed by atoms with Crippen LogP contribution in [-0.4, -0.2) is 31.7 Å². The molecular weight excluding hydrogens is 258 g/mol. The second-order valence-electron chi connectivity index (χ2n) is 4.40. The molecule has 3 aromatic heterocycles. The third-order valence-electron chi connectivity index (χ3n) is 3.06. The number of hydrogen-bond acceptors (Lipinski definition) is 5. The van der Waals surface area contributed by atoms with Gasteiger partial charge in [-0.1, -0.05) is 0 Å². The Hall–Kier alpha value is -2.70. The summed E-state index contributed by atoms with van der Waals surface area (Å²) in [5, 5.41) is 4.40. The Kier molecular flexibility index (Phi) is 2.74. The molecule has 0 atom stereocenters. The smallest absolute Gasteiger partial charge is 0.277 e. The maximum Gasteiger partial charge on any atom is 0.277 e. The van der Waals surface area contributed by atoms with Gasteiger partial charge in [0.15, 0.2) is 11.3 Å². The Labute approximate surface area is 114 Å². The second-order valence-corrected chi connectivity index (χ2v) is 4.40. The van der Waals surface area contributed by atoms with E-state index in [1.807, 2.05) is 6.92 Å². The van der Waals surface area contributed by atoms with Crippen LogP contribution in [0.15, 0.2) is 23.1 Å². The number of imidazole rings is 1. The monoisotopic (exact) mass is 271 g/mol. The minimum absolute atomic E-state index is 0.219. The fourth-order valence-electron chi connectivity index (χ4n) is 2.10. The van der Waals surface area contributed by atoms with Crippen molar-refractivity contribution in [2.45, 2.75) is 13.8 Å². The van der Waals surface area contributed by atoms with Gasteiger partial charge in [0.2, 0.25) is 5.88 Å². The Morgan fingerprint density at radius 2 is 2.10 bits per heavy atom. The summed E-state index contributed by atoms with van der Waals surface area (Å²) in [6.07, 6.45) is 1.60. The van der Waals surface area contributed by atoms with Gasteiger partial charge in [-0.05, 0) is 19.9 Å². The molecule has 0 aliphatic carbocycles. The molecule has 0 aliphatic rings. The van der Waals surface area contributed by atoms with Crippen LogP contribution in [0.1, 0.15) is 11.5 Å². The van der Waals surface area contributed by atoms with E-state index in [9.17, 15) is 4.79 Å². The number of rotatable bonds is 2. The average molecular weight is 271 g/mol. The molecule has 0 radical (unpaired) electrons. The summed E-state index contributed by atoms with van der Waals surface area (Å²) in [6, 6.07) is 3.50. The van der Waals surface area contributed by atoms with Crippen molar-refractivity contribution >= 4 is 5.52 Å². The molecule has 0 saturated heterocycles. The lowest BCUT2D eigenvalue weighted by molar-refractivity contribution is 0.398. The fourth-order valence-corrected chi connectivity index (χ4v) is 2.10. The molecule has 0 saturated carbocycles. The van der Waals surface area contributed by atoms with Crippen molar-refractivity contribution in [3.05, 3.63) is 40.2 Å². The van der Waals surface area contributed by atoms with Gasteiger partial charge >= 0.3 is 0 Å². The third-order valence-corrected chi connectivity index (χ3v) is 3.06. The largest absolute Gasteiger partial charge is 0.481 e. The highest BCUT2D eigenvalue weighted by Crippen LogP contribution is 2.16. The predicted octanol–water partition coefficient (Wildman–Crippen LogP) is 1.11. The Balaban J connectivity index is 2.21. The number of aromatic amines is 1. The van der Waals surface area contributed by atoms with Gasteiger partial charge in [0.05, 0.1) is 12.8 Å². The Morgan fingerprint density at radius 3 is 2.75 bits per heavy atom. The Bertz CT molecular complexity index is 832. The summed E-state index contributed by atoms with van der Waals surface area (Å²) in [5.41, 5.74) is 1.61. The number of H-pyrrole nitrogens is 1. The van der Waals surface area contributed by atoms with Crippen LogP contribution in [-0.2, 0) is 0 Å². The third kappa shape index (κ3) is 1.83. The Morgan fingerprint density at radius 1 is 1.30 bits per heavy atom. The van der Waals surface area contributed by atoms with E-state index in [-0.39, 0.29) is 5.56 Å². The summed E-state index contributed by atoms with van der Waals surface area (Å²) in [4.78, 5) is 23.2. The summed E-state index contributed by atoms with van der Waals surface area (Å²) < 4.78 is 6.55. The summed E-state index contributed by atoms with van der Waals surface area (Å²) in [7, 11) is 1.55. The molecule has 7 heteroatoms. The second kappa shape index (κ2) is 4.44. The molecule has 0 spiro atoms. The molecule has 1 N–H and O–H groups in total. The van der Waals surface area contributed by atoms with E-state index in [4.69, 9.17) is 4.74 Å². The van der Waals surface area contributed by atoms with Crippen LogP contribution in [0.2, 0.25) is 0 Å². The molecule has 0 aromatic carbocycles. The molecule has 0 fully saturated rings. The number of methoxy groups -OCH3 is 1. The van der Waals surface area contributed by atoms with E-state index < -0.39 is 0 Å². The molecule has 102 valence electrons. The fraction of sp³-hybridized carbons (Fsp3) is 0.231. The number of hydrogen-bond donors (Lipinski definition) is 1. The molecule has 0 unspecified atom stereocenters. The zero-order chi connectivity index (χ0) is 14.3. The van der Waals surface area contributed by atoms with Gasteiger partial charge < -0.3 is 9.72 Å². The topological polar surface area (TPSA) is 85.2 Å². The lowest BCUT2D eigenvalue weighted by atomic mass is 10.2. The van der Waals surface area contributed by atoms with Crippen LogP contribution in [0.3, 0.4) is 0 Å². The minimum Gasteiger partial charge on any atom is -0.481 e. The highest BCUT2D eigenvalue weighted by atomic mass is 16.5. The van der Waals surface area contributed by atoms with Crippen molar-refractivity contribution in [3.63, 3.8) is 0 Å². The highest BCUT2D eigenvalue weighted by molar-refractivity contribution is 5.57. The van der Waals surface area contributed by atoms with Gasteiger partial charge in [0.1, 0.15) is 5.82 Å². The number of aromatic nitrogens is 5. The van der Waals surface area contributed by atoms with Crippen molar-refractivity contribution in [1.29, 1.82) is 0 Å². The minimum atomic E-state index is -0.219. The van der Waals surface area contributed by atoms with Crippen LogP contribution in [0.4, 0.5) is 0 Å². The lowest BCUT2D eigenvalue weighted by Gasteiger charge is -2.03. The first-order chi connectivity index (χ1) is 9.60. The van der Waals surface area contributed by atoms with Gasteiger partial charge in [0, 0.05) is 17.8 Å². The van der Waals surface area contributed by atoms with Gasteiger partial charge in [-0.15, -0.1) is 5.10 Å². The van der Waals surface area contributed by atoms with Crippen LogP contribution in [0, 0.1) is 13.8 Å². The van der Waals surface area contributed by atoms with Crippen molar-refractivity contribution in [2.24, 2.45) is 0 Å². The van der Waals surface area contributed by atoms with Gasteiger partial charge in [-0.3, -0.25) is 4.79 Å². The summed E-state index contributed by atoms with van der Waals surface area (Å²) in [6.45, 7) is 3.59. The zero-order valence-electron chi connectivity index (χ0n) is 11.3. The maximum absolute atomic E-state index is 12.1. The lowest BCUT2D eigenvalue weighted by Crippen LogP contribution is -2.14. The van der Waals surface area contributed by atoms with E-state index in [1.165, 1.54) is 0 Å². The molecule has 0 amide bonds. The highest BCUT2D eigenvalue weighted by Gasteiger charge is 2.12. The summed E-state index contributed by atoms with van der Waals surface area (Å²) in [5.74, 6) is 1.62. The van der Waals surface area contributed by atoms with E-state index >= 15 is 0 Å². The van der Waals surface area contributed by atoms with Crippen LogP contribution in [0.25, 0.3) is 16.9 Å². The standard InChI is InChI=1S/C13H13N5O2/c1-7-11-13(19)16-12(17-18(11)8(2)15-7)9-4-5-10(20-3)14-6-9/h4-6H,1-3H3,(H,16,17,19). The number of ether oxygens (including phenoxy) is 1. The van der Waals surface area contributed by atoms with Crippen molar-refractivity contribution in [1.82, 2.24) is 24.6 Å². The number of nitrogens with zero attached hydrogens (tertiary/aromatic N) is 4. The van der Waals surface area contributed by atoms with E-state index in [2.05, 4.69) is 20.1 Å². The normalized spacial score (nSPS) is 10.9. The van der Waals surface area contributed by atoms with Crippen LogP contribution < -0.4 is 10.3 Å². The molecule has 3 rings (SSSR count). The van der Waals surface area contributed by atoms with Crippen LogP contribution in [0.5, 0.6) is 5.88 Å². The van der Waals surface area contributed by atoms with Gasteiger partial charge in [-0.2, -0.15) is 0 Å². The van der Waals surface area contributed by atoms with E-state index in [0.29, 0.717) is 34.3 Å². The number of pyridine rings is 1. The number of aryl methyl sites for hydroxylation is 2. The van der Waals surface area contributed by atoms with Crippen molar-refractivity contribution in [3.8, 4) is 17.3 Å². The molecule has 3 heterocycles. The summed E-state index contributed by atoms with van der Waals surface area (Å²) >= 11 is 0. The maximum atomic E-state index is 12.1. The first kappa shape index (κ1) is 12.3. The average Bonchev–Trinajstić information content (AvgIpc) is 2.74. The van der Waals surface area contributed by atoms with Gasteiger partial charge in [0.25, 0.3) is 5.56 Å². The van der Waals surface area contributed by atoms with E-state index in [1.54, 1.807) is 36.9 Å². The van der Waals surface area contributed by atoms with Gasteiger partial charge in [-0.25, -0.2) is 14.5 Å². The zero-order valence-corrected chi connectivity index (χ0v) is 11.3. The van der Waals surface area contributed by atoms with Crippen molar-refractivity contribution in [2.75, 3.05) is 7.11 Å². The first-order valence-electron chi connectivity index (χ1n) is 6.07. The molecule has 20 heavy (non-hydrogen) atoms. The quantitative estimate of drug-likeness (QED) is 0.754. The number of fused-ring (bicyclic) bond motifs is 1. The predicted molar refractivity (Wildman–Crippen MR) is 72.9 cm³/mol. The molecule has 0 aliphatic heterocycles. The SMILES string of the molecule is COc1ccc(-c2nn3c(C)nc(C)c3c(=O)[nH]2)cn1.